The van der Waals surface area contributed by atoms with E-state index in [1.54, 1.807) is 0 Å². The van der Waals surface area contributed by atoms with Crippen LogP contribution in [-0.2, 0) is 5.41 Å². The molecule has 0 spiro atoms. The van der Waals surface area contributed by atoms with Gasteiger partial charge >= 0.3 is 12.4 Å². The van der Waals surface area contributed by atoms with Gasteiger partial charge in [-0.05, 0) is 23.3 Å². The maximum atomic E-state index is 13.6. The monoisotopic (exact) mass is 382 g/mol. The number of hydrogen-bond donors (Lipinski definition) is 0. The van der Waals surface area contributed by atoms with Crippen molar-refractivity contribution in [2.45, 2.75) is 17.8 Å². The Bertz CT molecular complexity index is 614. The number of rotatable bonds is 2. The molecule has 22 heavy (non-hydrogen) atoms. The van der Waals surface area contributed by atoms with E-state index in [9.17, 15) is 26.3 Å². The van der Waals surface area contributed by atoms with E-state index in [0.717, 1.165) is 48.5 Å². The van der Waals surface area contributed by atoms with Crippen molar-refractivity contribution in [2.24, 2.45) is 0 Å². The molecule has 7 heteroatoms. The lowest BCUT2D eigenvalue weighted by atomic mass is 9.73. The zero-order valence-electron chi connectivity index (χ0n) is 10.8. The highest BCUT2D eigenvalue weighted by Gasteiger charge is 2.72. The van der Waals surface area contributed by atoms with Gasteiger partial charge in [0, 0.05) is 4.47 Å². The minimum Gasteiger partial charge on any atom is -0.169 e. The van der Waals surface area contributed by atoms with Crippen LogP contribution in [0.3, 0.4) is 0 Å². The SMILES string of the molecule is FC(F)(F)C(c1ccccc1)(c1ccc(Br)cc1)C(F)(F)F. The van der Waals surface area contributed by atoms with Gasteiger partial charge in [0.2, 0.25) is 5.41 Å². The molecule has 0 heterocycles. The maximum absolute atomic E-state index is 13.6. The van der Waals surface area contributed by atoms with Gasteiger partial charge in [0.1, 0.15) is 0 Å². The smallest absolute Gasteiger partial charge is 0.169 e. The van der Waals surface area contributed by atoms with Gasteiger partial charge in [-0.3, -0.25) is 0 Å². The molecule has 0 amide bonds. The van der Waals surface area contributed by atoms with E-state index >= 15 is 0 Å². The number of hydrogen-bond acceptors (Lipinski definition) is 0. The van der Waals surface area contributed by atoms with E-state index in [1.165, 1.54) is 6.07 Å². The summed E-state index contributed by atoms with van der Waals surface area (Å²) in [4.78, 5) is 0. The Kier molecular flexibility index (Phi) is 4.30. The maximum Gasteiger partial charge on any atom is 0.411 e. The molecular weight excluding hydrogens is 374 g/mol. The average molecular weight is 383 g/mol. The van der Waals surface area contributed by atoms with Gasteiger partial charge in [-0.25, -0.2) is 0 Å². The van der Waals surface area contributed by atoms with Crippen LogP contribution >= 0.6 is 15.9 Å². The molecule has 0 aliphatic heterocycles. The normalized spacial score (nSPS) is 13.2. The zero-order chi connectivity index (χ0) is 16.6. The lowest BCUT2D eigenvalue weighted by molar-refractivity contribution is -0.288. The third-order valence-electron chi connectivity index (χ3n) is 3.33. The first-order valence-corrected chi connectivity index (χ1v) is 6.85. The van der Waals surface area contributed by atoms with Crippen LogP contribution in [0.25, 0.3) is 0 Å². The Balaban J connectivity index is 2.86. The van der Waals surface area contributed by atoms with Gasteiger partial charge in [0.25, 0.3) is 0 Å². The lowest BCUT2D eigenvalue weighted by Crippen LogP contribution is -2.54. The molecule has 0 atom stereocenters. The number of halogens is 7. The van der Waals surface area contributed by atoms with E-state index in [4.69, 9.17) is 0 Å². The highest BCUT2D eigenvalue weighted by molar-refractivity contribution is 9.10. The molecule has 0 saturated heterocycles. The summed E-state index contributed by atoms with van der Waals surface area (Å²) in [5.41, 5.74) is -5.80. The standard InChI is InChI=1S/C15H9BrF6/c16-12-8-6-11(7-9-12)13(14(17,18)19,15(20,21)22)10-4-2-1-3-5-10/h1-9H. The molecule has 0 aliphatic carbocycles. The molecule has 0 aromatic heterocycles. The average Bonchev–Trinajstić information content (AvgIpc) is 2.39. The summed E-state index contributed by atoms with van der Waals surface area (Å²) < 4.78 is 82.1. The fourth-order valence-corrected chi connectivity index (χ4v) is 2.63. The molecule has 0 nitrogen and oxygen atoms in total. The van der Waals surface area contributed by atoms with Crippen molar-refractivity contribution in [1.29, 1.82) is 0 Å². The third-order valence-corrected chi connectivity index (χ3v) is 3.86. The molecule has 0 N–H and O–H groups in total. The highest BCUT2D eigenvalue weighted by atomic mass is 79.9. The van der Waals surface area contributed by atoms with Gasteiger partial charge < -0.3 is 0 Å². The van der Waals surface area contributed by atoms with Crippen LogP contribution in [0.15, 0.2) is 59.1 Å². The molecule has 118 valence electrons. The van der Waals surface area contributed by atoms with Crippen molar-refractivity contribution >= 4 is 15.9 Å². The summed E-state index contributed by atoms with van der Waals surface area (Å²) in [6.45, 7) is 0. The van der Waals surface area contributed by atoms with E-state index in [0.29, 0.717) is 4.47 Å². The fraction of sp³-hybridized carbons (Fsp3) is 0.200. The van der Waals surface area contributed by atoms with Crippen LogP contribution in [-0.4, -0.2) is 12.4 Å². The van der Waals surface area contributed by atoms with Crippen LogP contribution in [0.2, 0.25) is 0 Å². The quantitative estimate of drug-likeness (QED) is 0.570. The van der Waals surface area contributed by atoms with Crippen LogP contribution in [0, 0.1) is 0 Å². The van der Waals surface area contributed by atoms with Gasteiger partial charge in [-0.15, -0.1) is 0 Å². The van der Waals surface area contributed by atoms with Gasteiger partial charge in [-0.2, -0.15) is 26.3 Å². The van der Waals surface area contributed by atoms with Crippen molar-refractivity contribution in [3.63, 3.8) is 0 Å². The second-order valence-electron chi connectivity index (χ2n) is 4.62. The van der Waals surface area contributed by atoms with Crippen molar-refractivity contribution in [1.82, 2.24) is 0 Å². The Labute approximate surface area is 130 Å². The Morgan fingerprint density at radius 1 is 0.591 bits per heavy atom. The molecule has 0 saturated carbocycles. The fourth-order valence-electron chi connectivity index (χ4n) is 2.37. The van der Waals surface area contributed by atoms with E-state index in [-0.39, 0.29) is 0 Å². The first-order chi connectivity index (χ1) is 10.1. The van der Waals surface area contributed by atoms with Crippen LogP contribution in [0.5, 0.6) is 0 Å². The third kappa shape index (κ3) is 2.62. The largest absolute Gasteiger partial charge is 0.411 e. The molecule has 0 aliphatic rings. The van der Waals surface area contributed by atoms with E-state index in [2.05, 4.69) is 15.9 Å². The summed E-state index contributed by atoms with van der Waals surface area (Å²) in [7, 11) is 0. The summed E-state index contributed by atoms with van der Waals surface area (Å²) in [6, 6.07) is 9.32. The Morgan fingerprint density at radius 2 is 1.00 bits per heavy atom. The number of alkyl halides is 6. The minimum absolute atomic E-state index is 0.391. The summed E-state index contributed by atoms with van der Waals surface area (Å²) in [6.07, 6.45) is -11.1. The highest BCUT2D eigenvalue weighted by Crippen LogP contribution is 2.56. The topological polar surface area (TPSA) is 0 Å². The Morgan fingerprint density at radius 3 is 1.41 bits per heavy atom. The van der Waals surface area contributed by atoms with E-state index < -0.39 is 28.9 Å². The summed E-state index contributed by atoms with van der Waals surface area (Å²) >= 11 is 3.01. The Hall–Kier alpha value is -1.50. The first kappa shape index (κ1) is 16.9. The van der Waals surface area contributed by atoms with E-state index in [1.807, 2.05) is 0 Å². The molecule has 2 aromatic carbocycles. The molecule has 0 radical (unpaired) electrons. The molecule has 2 rings (SSSR count). The van der Waals surface area contributed by atoms with Crippen molar-refractivity contribution in [2.75, 3.05) is 0 Å². The molecule has 0 unspecified atom stereocenters. The first-order valence-electron chi connectivity index (χ1n) is 6.05. The second kappa shape index (κ2) is 5.61. The summed E-state index contributed by atoms with van der Waals surface area (Å²) in [5.74, 6) is 0. The molecule has 2 aromatic rings. The minimum atomic E-state index is -5.54. The zero-order valence-corrected chi connectivity index (χ0v) is 12.4. The molecular formula is C15H9BrF6. The van der Waals surface area contributed by atoms with Gasteiger partial charge in [-0.1, -0.05) is 58.4 Å². The van der Waals surface area contributed by atoms with Crippen molar-refractivity contribution in [3.8, 4) is 0 Å². The van der Waals surface area contributed by atoms with Crippen molar-refractivity contribution in [3.05, 3.63) is 70.2 Å². The van der Waals surface area contributed by atoms with Crippen molar-refractivity contribution < 1.29 is 26.3 Å². The second-order valence-corrected chi connectivity index (χ2v) is 5.53. The van der Waals surface area contributed by atoms with Gasteiger partial charge in [0.15, 0.2) is 0 Å². The van der Waals surface area contributed by atoms with Crippen LogP contribution < -0.4 is 0 Å². The summed E-state index contributed by atoms with van der Waals surface area (Å²) in [5, 5.41) is 0. The van der Waals surface area contributed by atoms with Crippen LogP contribution in [0.1, 0.15) is 11.1 Å². The van der Waals surface area contributed by atoms with Crippen LogP contribution in [0.4, 0.5) is 26.3 Å². The predicted octanol–water partition coefficient (Wildman–Crippen LogP) is 5.86. The lowest BCUT2D eigenvalue weighted by Gasteiger charge is -2.38. The predicted molar refractivity (Wildman–Crippen MR) is 73.5 cm³/mol. The molecule has 0 bridgehead atoms. The molecule has 0 fully saturated rings. The van der Waals surface area contributed by atoms with Gasteiger partial charge in [0.05, 0.1) is 0 Å². The number of benzene rings is 2.